The molecule has 2 aliphatic heterocycles. The lowest BCUT2D eigenvalue weighted by Crippen LogP contribution is -2.81. The summed E-state index contributed by atoms with van der Waals surface area (Å²) in [6.07, 6.45) is -10.9. The van der Waals surface area contributed by atoms with Crippen LogP contribution < -0.4 is 0 Å². The predicted octanol–water partition coefficient (Wildman–Crippen LogP) is 6.44. The number of hydrogen-bond acceptors (Lipinski definition) is 21. The lowest BCUT2D eigenvalue weighted by Gasteiger charge is -2.68. The lowest BCUT2D eigenvalue weighted by atomic mass is 9.43. The summed E-state index contributed by atoms with van der Waals surface area (Å²) in [5.41, 5.74) is -10.9. The van der Waals surface area contributed by atoms with Crippen molar-refractivity contribution in [3.8, 4) is 0 Å². The van der Waals surface area contributed by atoms with E-state index in [0.29, 0.717) is 23.1 Å². The highest BCUT2D eigenvalue weighted by Crippen LogP contribution is 2.67. The topological polar surface area (TPSA) is 301 Å². The van der Waals surface area contributed by atoms with Crippen LogP contribution in [0.1, 0.15) is 136 Å². The Morgan fingerprint density at radius 1 is 0.557 bits per heavy atom. The largest absolute Gasteiger partial charge is 0.455 e. The molecule has 4 bridgehead atoms. The van der Waals surface area contributed by atoms with E-state index >= 15 is 4.79 Å². The van der Waals surface area contributed by atoms with Crippen molar-refractivity contribution in [2.24, 2.45) is 39.4 Å². The van der Waals surface area contributed by atoms with Crippen molar-refractivity contribution in [3.05, 3.63) is 94.1 Å². The van der Waals surface area contributed by atoms with Gasteiger partial charge < -0.3 is 62.7 Å². The molecular weight excluding hydrogens is 1160 g/mol. The quantitative estimate of drug-likeness (QED) is 0.0861. The Balaban J connectivity index is 0.000000210. The van der Waals surface area contributed by atoms with Crippen molar-refractivity contribution in [3.63, 3.8) is 0 Å². The fourth-order valence-electron chi connectivity index (χ4n) is 16.6. The number of rotatable bonds is 10. The molecule has 6 fully saturated rings. The van der Waals surface area contributed by atoms with Gasteiger partial charge in [-0.15, -0.1) is 0 Å². The van der Waals surface area contributed by atoms with Gasteiger partial charge >= 0.3 is 35.8 Å². The van der Waals surface area contributed by atoms with Gasteiger partial charge in [0.15, 0.2) is 43.3 Å². The highest BCUT2D eigenvalue weighted by atomic mass is 28.4. The fourth-order valence-corrected chi connectivity index (χ4v) is 17.8. The van der Waals surface area contributed by atoms with E-state index in [1.165, 1.54) is 39.8 Å². The van der Waals surface area contributed by atoms with Gasteiger partial charge in [-0.3, -0.25) is 28.8 Å². The van der Waals surface area contributed by atoms with Crippen LogP contribution in [0, 0.1) is 39.4 Å². The molecule has 18 atom stereocenters. The maximum atomic E-state index is 15.3. The van der Waals surface area contributed by atoms with Crippen LogP contribution in [0.5, 0.6) is 0 Å². The van der Waals surface area contributed by atoms with Gasteiger partial charge in [-0.05, 0) is 99.3 Å². The summed E-state index contributed by atoms with van der Waals surface area (Å²) in [7, 11) is -2.27. The van der Waals surface area contributed by atoms with Crippen molar-refractivity contribution < 1.29 is 101 Å². The molecule has 0 radical (unpaired) electrons. The number of aliphatic hydroxyl groups excluding tert-OH is 2. The molecule has 0 aromatic heterocycles. The summed E-state index contributed by atoms with van der Waals surface area (Å²) in [4.78, 5) is 108. The minimum absolute atomic E-state index is 0.0238. The van der Waals surface area contributed by atoms with Crippen LogP contribution in [0.15, 0.2) is 83.0 Å². The molecule has 0 spiro atoms. The van der Waals surface area contributed by atoms with Crippen LogP contribution in [0.25, 0.3) is 0 Å². The molecule has 88 heavy (non-hydrogen) atoms. The van der Waals surface area contributed by atoms with Crippen molar-refractivity contribution >= 4 is 55.7 Å². The van der Waals surface area contributed by atoms with E-state index in [-0.39, 0.29) is 49.2 Å². The van der Waals surface area contributed by atoms with Gasteiger partial charge in [-0.1, -0.05) is 77.9 Å². The Bertz CT molecular complexity index is 3240. The van der Waals surface area contributed by atoms with Gasteiger partial charge in [0.05, 0.1) is 59.9 Å². The third-order valence-corrected chi connectivity index (χ3v) is 22.3. The molecule has 4 N–H and O–H groups in total. The average Bonchev–Trinajstić information content (AvgIpc) is 0.678. The summed E-state index contributed by atoms with van der Waals surface area (Å²) in [6, 6.07) is 16.5. The molecule has 2 saturated heterocycles. The monoisotopic (exact) mass is 1240 g/mol. The van der Waals surface area contributed by atoms with Crippen LogP contribution in [0.2, 0.25) is 19.6 Å². The number of carbonyl (C=O) groups excluding carboxylic acids is 8. The zero-order valence-electron chi connectivity index (χ0n) is 53.2. The Morgan fingerprint density at radius 2 is 0.955 bits per heavy atom. The summed E-state index contributed by atoms with van der Waals surface area (Å²) in [5, 5.41) is 49.2. The van der Waals surface area contributed by atoms with Crippen LogP contribution in [0.3, 0.4) is 0 Å². The minimum atomic E-state index is -2.27. The number of ether oxygens (including phenoxy) is 8. The number of esters is 6. The molecule has 2 aromatic carbocycles. The van der Waals surface area contributed by atoms with E-state index in [1.54, 1.807) is 90.1 Å². The Morgan fingerprint density at radius 3 is 1.35 bits per heavy atom. The standard InChI is InChI=1S/C35H48O10Si.C31H38O11/c1-19-16-25-34(18-41-25,44-22(4)37)28-30(43-31(39)23-14-12-11-13-15-23)35(40)17-24(45-46(8,9)10)20(2)26(32(35,5)6)27(42-21(3)36)29(38)33(19,28)7;1-15-19(34)13-31(38)26(41-27(37)18-10-8-7-9-11-18)24-29(6,20(35)12-21-30(24,14-39-21)42-17(3)33)25(36)23(40-16(2)32)22(15)28(31,4)5/h11-15,19,24-25,27-28,30,40H,16-18H2,1-10H3;7-11,19-21,23-24,26,34-35,38H,12-14H2,1-6H3/t19-,24-,25+,27+,28-,30-,33+,34-,35+;19-,20-,21+,23+,24-,26-,29+,30-,31+/m00/s1. The van der Waals surface area contributed by atoms with E-state index in [2.05, 4.69) is 0 Å². The second kappa shape index (κ2) is 22.7. The molecule has 2 aromatic rings. The number of ketones is 2. The minimum Gasteiger partial charge on any atom is -0.455 e. The molecule has 21 nitrogen and oxygen atoms in total. The molecule has 10 rings (SSSR count). The van der Waals surface area contributed by atoms with Crippen LogP contribution in [-0.4, -0.2) is 167 Å². The third-order valence-electron chi connectivity index (χ3n) is 21.3. The number of carbonyl (C=O) groups is 8. The first-order valence-electron chi connectivity index (χ1n) is 30.2. The molecule has 2 heterocycles. The van der Waals surface area contributed by atoms with E-state index in [9.17, 15) is 54.0 Å². The van der Waals surface area contributed by atoms with Gasteiger partial charge in [-0.25, -0.2) is 9.59 Å². The van der Waals surface area contributed by atoms with Gasteiger partial charge in [-0.2, -0.15) is 0 Å². The van der Waals surface area contributed by atoms with Gasteiger partial charge in [0.25, 0.3) is 0 Å². The lowest BCUT2D eigenvalue weighted by molar-refractivity contribution is -0.345. The summed E-state index contributed by atoms with van der Waals surface area (Å²) in [5.74, 6) is -8.22. The van der Waals surface area contributed by atoms with Gasteiger partial charge in [0.2, 0.25) is 0 Å². The molecular formula is C66H86O21Si. The fraction of sp³-hybridized carbons (Fsp3) is 0.636. The summed E-state index contributed by atoms with van der Waals surface area (Å²) < 4.78 is 54.8. The zero-order chi connectivity index (χ0) is 65.2. The first kappa shape index (κ1) is 66.4. The molecule has 480 valence electrons. The summed E-state index contributed by atoms with van der Waals surface area (Å²) in [6.45, 7) is 26.1. The van der Waals surface area contributed by atoms with Crippen molar-refractivity contribution in [2.75, 3.05) is 13.2 Å². The highest BCUT2D eigenvalue weighted by Gasteiger charge is 2.80. The first-order valence-corrected chi connectivity index (χ1v) is 33.6. The van der Waals surface area contributed by atoms with Crippen LogP contribution >= 0.6 is 0 Å². The molecule has 0 amide bonds. The second-order valence-electron chi connectivity index (χ2n) is 28.1. The van der Waals surface area contributed by atoms with Crippen molar-refractivity contribution in [1.82, 2.24) is 0 Å². The maximum absolute atomic E-state index is 15.3. The Labute approximate surface area is 514 Å². The molecule has 22 heteroatoms. The molecule has 4 saturated carbocycles. The van der Waals surface area contributed by atoms with Crippen molar-refractivity contribution in [1.29, 1.82) is 0 Å². The molecule has 0 unspecified atom stereocenters. The Hall–Kier alpha value is -5.98. The maximum Gasteiger partial charge on any atom is 0.338 e. The van der Waals surface area contributed by atoms with E-state index in [4.69, 9.17) is 42.3 Å². The SMILES string of the molecule is CC(=O)O[C@H]1C(=O)[C@@]2(C)[C@H]([C@H](OC(=O)c3ccccc3)[C@]3(O)C[C@H](O)C(C)=C1C3(C)C)[C@]1(OC(C)=O)CO[C@@H]1C[C@@H]2O.CC(=O)O[C@H]1C(=O)[C@@]2(C)[C@H]([C@H](OC(=O)c3ccccc3)[C@]3(O)C[C@H](O[Si](C)(C)C)C(C)=C1C3(C)C)[C@]1(OC(C)=O)CO[C@@H]1C[C@@H]2C. The number of fused-ring (bicyclic) bond motifs is 10. The van der Waals surface area contributed by atoms with Crippen LogP contribution in [-0.2, 0) is 71.1 Å². The van der Waals surface area contributed by atoms with Crippen molar-refractivity contribution in [2.45, 2.75) is 213 Å². The normalized spacial score (nSPS) is 39.3. The van der Waals surface area contributed by atoms with E-state index < -0.39 is 172 Å². The molecule has 8 aliphatic rings. The third kappa shape index (κ3) is 10.2. The van der Waals surface area contributed by atoms with E-state index in [0.717, 1.165) is 6.92 Å². The predicted molar refractivity (Wildman–Crippen MR) is 315 cm³/mol. The Kier molecular flexibility index (Phi) is 17.2. The first-order chi connectivity index (χ1) is 40.7. The average molecular weight is 1240 g/mol. The number of hydrogen-bond donors (Lipinski definition) is 4. The molecule has 6 aliphatic carbocycles. The van der Waals surface area contributed by atoms with Crippen LogP contribution in [0.4, 0.5) is 0 Å². The highest BCUT2D eigenvalue weighted by molar-refractivity contribution is 6.69. The van der Waals surface area contributed by atoms with Gasteiger partial charge in [0.1, 0.15) is 35.6 Å². The number of benzene rings is 2. The van der Waals surface area contributed by atoms with Gasteiger partial charge in [0, 0.05) is 63.2 Å². The van der Waals surface area contributed by atoms with E-state index in [1.807, 2.05) is 33.5 Å². The summed E-state index contributed by atoms with van der Waals surface area (Å²) >= 11 is 0. The number of Topliss-reactive ketones (excluding diaryl/α,β-unsaturated/α-hetero) is 2. The zero-order valence-corrected chi connectivity index (χ0v) is 54.2. The smallest absolute Gasteiger partial charge is 0.338 e. The number of aliphatic hydroxyl groups is 4. The second-order valence-corrected chi connectivity index (χ2v) is 32.6.